The second kappa shape index (κ2) is 5.46. The van der Waals surface area contributed by atoms with E-state index in [-0.39, 0.29) is 27.1 Å². The first-order chi connectivity index (χ1) is 11.5. The lowest BCUT2D eigenvalue weighted by atomic mass is 9.79. The highest BCUT2D eigenvalue weighted by atomic mass is 35.5. The van der Waals surface area contributed by atoms with Crippen molar-refractivity contribution in [3.8, 4) is 17.0 Å². The number of fused-ring (bicyclic) bond motifs is 1. The van der Waals surface area contributed by atoms with Gasteiger partial charge in [-0.15, -0.1) is 0 Å². The number of rotatable bonds is 1. The summed E-state index contributed by atoms with van der Waals surface area (Å²) < 4.78 is 26.9. The Bertz CT molecular complexity index is 1060. The maximum absolute atomic E-state index is 12.8. The van der Waals surface area contributed by atoms with Crippen LogP contribution in [-0.2, 0) is 27.1 Å². The van der Waals surface area contributed by atoms with Crippen molar-refractivity contribution < 1.29 is 18.3 Å². The van der Waals surface area contributed by atoms with Gasteiger partial charge in [0.2, 0.25) is 15.7 Å². The van der Waals surface area contributed by atoms with E-state index in [9.17, 15) is 18.3 Å². The number of hydrogen-bond acceptors (Lipinski definition) is 5. The first kappa shape index (κ1) is 17.7. The summed E-state index contributed by atoms with van der Waals surface area (Å²) in [4.78, 5) is 11.0. The Morgan fingerprint density at radius 3 is 2.52 bits per heavy atom. The standard InChI is InChI=1S/C17H17ClN2O4S/c1-9-5-11(12-7-19-20(4)16(12)22)14(18)13-15(9)25(23,24)10(8-21)6-17(13,2)3/h5,7,22H,6H2,1-4H3. The number of aryl methyl sites for hydroxylation is 2. The van der Waals surface area contributed by atoms with Crippen LogP contribution in [0.1, 0.15) is 31.4 Å². The highest BCUT2D eigenvalue weighted by Crippen LogP contribution is 2.50. The van der Waals surface area contributed by atoms with Crippen LogP contribution in [0.5, 0.6) is 5.88 Å². The summed E-state index contributed by atoms with van der Waals surface area (Å²) in [5.41, 5.74) is 1.15. The monoisotopic (exact) mass is 380 g/mol. The lowest BCUT2D eigenvalue weighted by molar-refractivity contribution is 0.421. The minimum atomic E-state index is -3.94. The van der Waals surface area contributed by atoms with E-state index >= 15 is 0 Å². The molecule has 0 saturated carbocycles. The summed E-state index contributed by atoms with van der Waals surface area (Å²) in [6.07, 6.45) is 1.50. The molecule has 1 aliphatic rings. The van der Waals surface area contributed by atoms with Crippen LogP contribution in [0.2, 0.25) is 5.02 Å². The van der Waals surface area contributed by atoms with E-state index in [1.807, 2.05) is 13.8 Å². The molecule has 132 valence electrons. The molecule has 0 atom stereocenters. The molecule has 1 aromatic carbocycles. The molecule has 2 heterocycles. The Hall–Kier alpha value is -2.08. The predicted molar refractivity (Wildman–Crippen MR) is 94.1 cm³/mol. The van der Waals surface area contributed by atoms with Crippen molar-refractivity contribution in [1.29, 1.82) is 0 Å². The van der Waals surface area contributed by atoms with Gasteiger partial charge in [0.1, 0.15) is 10.8 Å². The molecule has 0 bridgehead atoms. The number of benzene rings is 1. The molecule has 1 N–H and O–H groups in total. The van der Waals surface area contributed by atoms with Gasteiger partial charge in [0.05, 0.1) is 21.7 Å². The predicted octanol–water partition coefficient (Wildman–Crippen LogP) is 2.93. The van der Waals surface area contributed by atoms with Crippen molar-refractivity contribution in [3.05, 3.63) is 33.3 Å². The smallest absolute Gasteiger partial charge is 0.217 e. The average Bonchev–Trinajstić information content (AvgIpc) is 2.84. The first-order valence-corrected chi connectivity index (χ1v) is 9.42. The number of aromatic nitrogens is 2. The molecule has 0 fully saturated rings. The largest absolute Gasteiger partial charge is 0.493 e. The van der Waals surface area contributed by atoms with E-state index in [0.717, 1.165) is 0 Å². The van der Waals surface area contributed by atoms with E-state index in [1.54, 1.807) is 26.0 Å². The van der Waals surface area contributed by atoms with Crippen LogP contribution >= 0.6 is 11.6 Å². The Morgan fingerprint density at radius 2 is 2.00 bits per heavy atom. The molecule has 1 aliphatic heterocycles. The molecule has 2 aromatic rings. The third-order valence-electron chi connectivity index (χ3n) is 4.59. The Labute approximate surface area is 150 Å². The molecule has 0 aliphatic carbocycles. The molecule has 1 aromatic heterocycles. The van der Waals surface area contributed by atoms with Gasteiger partial charge in [-0.2, -0.15) is 5.10 Å². The number of nitrogens with zero attached hydrogens (tertiary/aromatic N) is 2. The molecular formula is C17H17ClN2O4S. The molecular weight excluding hydrogens is 364 g/mol. The number of aromatic hydroxyl groups is 1. The lowest BCUT2D eigenvalue weighted by Gasteiger charge is -2.35. The van der Waals surface area contributed by atoms with Gasteiger partial charge in [0.25, 0.3) is 0 Å². The van der Waals surface area contributed by atoms with Gasteiger partial charge in [-0.1, -0.05) is 25.4 Å². The fourth-order valence-electron chi connectivity index (χ4n) is 3.34. The Morgan fingerprint density at radius 1 is 1.36 bits per heavy atom. The number of carbonyl (C=O) groups excluding carboxylic acids is 1. The van der Waals surface area contributed by atoms with E-state index in [2.05, 4.69) is 5.10 Å². The van der Waals surface area contributed by atoms with Gasteiger partial charge in [0.15, 0.2) is 0 Å². The van der Waals surface area contributed by atoms with Crippen molar-refractivity contribution in [1.82, 2.24) is 9.78 Å². The van der Waals surface area contributed by atoms with E-state index in [0.29, 0.717) is 22.3 Å². The summed E-state index contributed by atoms with van der Waals surface area (Å²) in [5.74, 6) is 1.51. The van der Waals surface area contributed by atoms with Crippen molar-refractivity contribution in [2.45, 2.75) is 37.5 Å². The Kier molecular flexibility index (Phi) is 3.87. The van der Waals surface area contributed by atoms with Crippen LogP contribution in [0, 0.1) is 6.92 Å². The number of sulfone groups is 1. The molecule has 6 nitrogen and oxygen atoms in total. The van der Waals surface area contributed by atoms with Gasteiger partial charge in [-0.25, -0.2) is 17.9 Å². The second-order valence-corrected chi connectivity index (χ2v) is 9.14. The normalized spacial score (nSPS) is 17.9. The van der Waals surface area contributed by atoms with Gasteiger partial charge in [-0.3, -0.25) is 0 Å². The molecule has 0 amide bonds. The quantitative estimate of drug-likeness (QED) is 0.768. The molecule has 3 rings (SSSR count). The van der Waals surface area contributed by atoms with Gasteiger partial charge >= 0.3 is 0 Å². The van der Waals surface area contributed by atoms with Crippen LogP contribution < -0.4 is 0 Å². The van der Waals surface area contributed by atoms with Crippen LogP contribution in [0.15, 0.2) is 22.1 Å². The summed E-state index contributed by atoms with van der Waals surface area (Å²) in [5, 5.41) is 14.4. The van der Waals surface area contributed by atoms with E-state index in [1.165, 1.54) is 10.9 Å². The third kappa shape index (κ3) is 2.42. The maximum Gasteiger partial charge on any atom is 0.217 e. The molecule has 0 radical (unpaired) electrons. The SMILES string of the molecule is Cc1cc(-c2cnn(C)c2O)c(Cl)c2c1S(=O)(=O)C(=C=O)CC2(C)C. The molecule has 0 saturated heterocycles. The molecule has 8 heteroatoms. The zero-order chi connectivity index (χ0) is 18.7. The molecule has 0 spiro atoms. The van der Waals surface area contributed by atoms with Crippen molar-refractivity contribution in [3.63, 3.8) is 0 Å². The summed E-state index contributed by atoms with van der Waals surface area (Å²) in [6.45, 7) is 5.31. The van der Waals surface area contributed by atoms with Crippen LogP contribution in [0.25, 0.3) is 11.1 Å². The topological polar surface area (TPSA) is 89.3 Å². The number of hydrogen-bond donors (Lipinski definition) is 1. The second-order valence-electron chi connectivity index (χ2n) is 6.85. The third-order valence-corrected chi connectivity index (χ3v) is 6.92. The van der Waals surface area contributed by atoms with Crippen LogP contribution in [0.4, 0.5) is 0 Å². The van der Waals surface area contributed by atoms with E-state index in [4.69, 9.17) is 11.6 Å². The van der Waals surface area contributed by atoms with E-state index < -0.39 is 15.3 Å². The minimum Gasteiger partial charge on any atom is -0.493 e. The maximum atomic E-state index is 12.8. The van der Waals surface area contributed by atoms with Crippen molar-refractivity contribution >= 4 is 27.4 Å². The Balaban J connectivity index is 2.46. The summed E-state index contributed by atoms with van der Waals surface area (Å²) in [7, 11) is -2.34. The van der Waals surface area contributed by atoms with Gasteiger partial charge in [0, 0.05) is 19.0 Å². The first-order valence-electron chi connectivity index (χ1n) is 7.56. The number of halogens is 1. The summed E-state index contributed by atoms with van der Waals surface area (Å²) in [6, 6.07) is 1.60. The van der Waals surface area contributed by atoms with Crippen molar-refractivity contribution in [2.75, 3.05) is 0 Å². The lowest BCUT2D eigenvalue weighted by Crippen LogP contribution is -2.30. The van der Waals surface area contributed by atoms with Crippen LogP contribution in [-0.4, -0.2) is 29.2 Å². The highest BCUT2D eigenvalue weighted by molar-refractivity contribution is 7.95. The fourth-order valence-corrected chi connectivity index (χ4v) is 5.94. The molecule has 25 heavy (non-hydrogen) atoms. The average molecular weight is 381 g/mol. The molecule has 0 unspecified atom stereocenters. The summed E-state index contributed by atoms with van der Waals surface area (Å²) >= 11 is 6.60. The zero-order valence-electron chi connectivity index (χ0n) is 14.2. The zero-order valence-corrected chi connectivity index (χ0v) is 15.8. The fraction of sp³-hybridized carbons (Fsp3) is 0.353. The van der Waals surface area contributed by atoms with Crippen LogP contribution in [0.3, 0.4) is 0 Å². The minimum absolute atomic E-state index is 0.0213. The van der Waals surface area contributed by atoms with Crippen molar-refractivity contribution in [2.24, 2.45) is 7.05 Å². The number of allylic oxidation sites excluding steroid dienone is 1. The van der Waals surface area contributed by atoms with Gasteiger partial charge in [-0.05, 0) is 29.5 Å². The van der Waals surface area contributed by atoms with Gasteiger partial charge < -0.3 is 5.11 Å². The highest BCUT2D eigenvalue weighted by Gasteiger charge is 2.43.